The van der Waals surface area contributed by atoms with Crippen LogP contribution in [-0.4, -0.2) is 8.07 Å². The topological polar surface area (TPSA) is 0 Å². The Labute approximate surface area is 215 Å². The summed E-state index contributed by atoms with van der Waals surface area (Å²) in [6, 6.07) is 33.2. The van der Waals surface area contributed by atoms with Gasteiger partial charge in [-0.15, -0.1) is 0 Å². The molecule has 0 radical (unpaired) electrons. The van der Waals surface area contributed by atoms with E-state index in [-0.39, 0.29) is 58.9 Å². The molecule has 0 bridgehead atoms. The third-order valence-corrected chi connectivity index (χ3v) is 10.2. The number of allylic oxidation sites excluding steroid dienone is 4. The van der Waals surface area contributed by atoms with Crippen LogP contribution in [0.2, 0.25) is 0 Å². The molecular weight excluding hydrogens is 483 g/mol. The van der Waals surface area contributed by atoms with Crippen molar-refractivity contribution in [2.45, 2.75) is 19.8 Å². The van der Waals surface area contributed by atoms with Gasteiger partial charge in [0.1, 0.15) is 0 Å². The van der Waals surface area contributed by atoms with E-state index < -0.39 is 8.07 Å². The quantitative estimate of drug-likeness (QED) is 0.186. The van der Waals surface area contributed by atoms with E-state index in [1.165, 1.54) is 26.3 Å². The Kier molecular flexibility index (Phi) is 12.9. The molecule has 0 atom stereocenters. The standard InChI is InChI=1S/C25H23Si.3ClH.Ti/c1-2-21-18-19-25(20-21)26(22-12-6-3-7-13-22,23-14-8-4-9-15-23)24-16-10-5-11-17-24;;;;/h3-18H,2,19H2,1H3;3*1H;/q-1;;;;+4/p-3. The summed E-state index contributed by atoms with van der Waals surface area (Å²) in [6.45, 7) is 2.22. The Hall–Kier alpha value is -1.06. The predicted molar refractivity (Wildman–Crippen MR) is 114 cm³/mol. The van der Waals surface area contributed by atoms with Crippen molar-refractivity contribution in [3.8, 4) is 0 Å². The third kappa shape index (κ3) is 5.40. The molecule has 0 aromatic heterocycles. The average molecular weight is 506 g/mol. The molecule has 152 valence electrons. The van der Waals surface area contributed by atoms with Gasteiger partial charge in [-0.3, -0.25) is 6.08 Å². The molecule has 0 saturated carbocycles. The smallest absolute Gasteiger partial charge is 1.00 e. The first-order chi connectivity index (χ1) is 12.9. The Morgan fingerprint density at radius 1 is 0.667 bits per heavy atom. The second kappa shape index (κ2) is 13.4. The van der Waals surface area contributed by atoms with Crippen LogP contribution in [-0.2, 0) is 21.7 Å². The van der Waals surface area contributed by atoms with Gasteiger partial charge in [-0.05, 0) is 15.6 Å². The van der Waals surface area contributed by atoms with Gasteiger partial charge in [0.25, 0.3) is 0 Å². The van der Waals surface area contributed by atoms with Crippen molar-refractivity contribution in [3.05, 3.63) is 114 Å². The van der Waals surface area contributed by atoms with Crippen molar-refractivity contribution in [1.29, 1.82) is 0 Å². The van der Waals surface area contributed by atoms with E-state index >= 15 is 0 Å². The Morgan fingerprint density at radius 2 is 1.03 bits per heavy atom. The molecule has 0 amide bonds. The van der Waals surface area contributed by atoms with Crippen molar-refractivity contribution in [2.75, 3.05) is 0 Å². The maximum atomic E-state index is 3.82. The van der Waals surface area contributed by atoms with Crippen LogP contribution in [0.15, 0.2) is 108 Å². The molecule has 0 N–H and O–H groups in total. The Morgan fingerprint density at radius 3 is 1.33 bits per heavy atom. The van der Waals surface area contributed by atoms with E-state index in [9.17, 15) is 0 Å². The zero-order chi connectivity index (χ0) is 17.8. The summed E-state index contributed by atoms with van der Waals surface area (Å²) in [5.41, 5.74) is 1.35. The zero-order valence-electron chi connectivity index (χ0n) is 16.8. The minimum absolute atomic E-state index is 0. The first-order valence-electron chi connectivity index (χ1n) is 9.34. The summed E-state index contributed by atoms with van der Waals surface area (Å²) in [5.74, 6) is 0. The second-order valence-corrected chi connectivity index (χ2v) is 10.6. The largest absolute Gasteiger partial charge is 4.00 e. The molecule has 0 spiro atoms. The molecule has 1 aliphatic rings. The number of hydrogen-bond donors (Lipinski definition) is 0. The maximum Gasteiger partial charge on any atom is 4.00 e. The van der Waals surface area contributed by atoms with Gasteiger partial charge in [-0.1, -0.05) is 111 Å². The molecule has 3 aromatic rings. The molecule has 30 heavy (non-hydrogen) atoms. The minimum Gasteiger partial charge on any atom is -1.00 e. The van der Waals surface area contributed by atoms with E-state index in [1.54, 1.807) is 0 Å². The van der Waals surface area contributed by atoms with E-state index in [4.69, 9.17) is 0 Å². The van der Waals surface area contributed by atoms with Crippen LogP contribution in [0.25, 0.3) is 0 Å². The summed E-state index contributed by atoms with van der Waals surface area (Å²) in [5, 5.41) is 5.78. The molecule has 0 fully saturated rings. The van der Waals surface area contributed by atoms with Crippen molar-refractivity contribution in [1.82, 2.24) is 0 Å². The van der Waals surface area contributed by atoms with Crippen molar-refractivity contribution < 1.29 is 58.9 Å². The SMILES string of the molecule is CCC1=CCC([Si](c2ccccc2)(c2ccccc2)c2ccccc2)=[C-]1.[Cl-].[Cl-].[Cl-].[Ti+4]. The van der Waals surface area contributed by atoms with E-state index in [0.29, 0.717) is 0 Å². The van der Waals surface area contributed by atoms with Crippen LogP contribution in [0.3, 0.4) is 0 Å². The zero-order valence-corrected chi connectivity index (χ0v) is 21.6. The number of rotatable bonds is 5. The van der Waals surface area contributed by atoms with Crippen molar-refractivity contribution in [3.63, 3.8) is 0 Å². The summed E-state index contributed by atoms with van der Waals surface area (Å²) in [7, 11) is -2.30. The molecule has 0 saturated heterocycles. The number of halogens is 3. The fraction of sp³-hybridized carbons (Fsp3) is 0.120. The monoisotopic (exact) mass is 504 g/mol. The van der Waals surface area contributed by atoms with Gasteiger partial charge in [0.05, 0.1) is 0 Å². The normalized spacial score (nSPS) is 12.2. The van der Waals surface area contributed by atoms with Gasteiger partial charge >= 0.3 is 21.7 Å². The molecule has 0 nitrogen and oxygen atoms in total. The molecule has 0 heterocycles. The van der Waals surface area contributed by atoms with Gasteiger partial charge in [0.2, 0.25) is 0 Å². The molecule has 3 aromatic carbocycles. The van der Waals surface area contributed by atoms with E-state index in [2.05, 4.69) is 110 Å². The molecular formula is C25H23Cl3SiTi. The van der Waals surface area contributed by atoms with Gasteiger partial charge < -0.3 is 37.2 Å². The van der Waals surface area contributed by atoms with Crippen LogP contribution < -0.4 is 52.8 Å². The van der Waals surface area contributed by atoms with E-state index in [1.807, 2.05) is 0 Å². The van der Waals surface area contributed by atoms with Crippen LogP contribution in [0.1, 0.15) is 19.8 Å². The molecule has 1 aliphatic carbocycles. The molecule has 4 rings (SSSR count). The summed E-state index contributed by atoms with van der Waals surface area (Å²) in [6.07, 6.45) is 8.24. The predicted octanol–water partition coefficient (Wildman–Crippen LogP) is -4.82. The van der Waals surface area contributed by atoms with Crippen LogP contribution >= 0.6 is 0 Å². The summed E-state index contributed by atoms with van der Waals surface area (Å²) >= 11 is 0. The average Bonchev–Trinajstić information content (AvgIpc) is 3.21. The number of hydrogen-bond acceptors (Lipinski definition) is 0. The van der Waals surface area contributed by atoms with Gasteiger partial charge in [0, 0.05) is 0 Å². The van der Waals surface area contributed by atoms with Crippen LogP contribution in [0.5, 0.6) is 0 Å². The third-order valence-electron chi connectivity index (χ3n) is 5.32. The Bertz CT molecular complexity index is 845. The van der Waals surface area contributed by atoms with Crippen molar-refractivity contribution in [2.24, 2.45) is 0 Å². The summed E-state index contributed by atoms with van der Waals surface area (Å²) in [4.78, 5) is 0. The number of benzene rings is 3. The van der Waals surface area contributed by atoms with Crippen LogP contribution in [0, 0.1) is 6.08 Å². The minimum atomic E-state index is -2.30. The molecule has 0 aliphatic heterocycles. The fourth-order valence-electron chi connectivity index (χ4n) is 4.09. The molecule has 5 heteroatoms. The maximum absolute atomic E-state index is 3.82. The first kappa shape index (κ1) is 28.9. The van der Waals surface area contributed by atoms with E-state index in [0.717, 1.165) is 12.8 Å². The fourth-order valence-corrected chi connectivity index (χ4v) is 8.97. The Balaban J connectivity index is 0.00000210. The second-order valence-electron chi connectivity index (χ2n) is 6.74. The van der Waals surface area contributed by atoms with Crippen molar-refractivity contribution >= 4 is 23.6 Å². The van der Waals surface area contributed by atoms with Gasteiger partial charge in [-0.25, -0.2) is 11.6 Å². The van der Waals surface area contributed by atoms with Gasteiger partial charge in [-0.2, -0.15) is 5.20 Å². The van der Waals surface area contributed by atoms with Crippen LogP contribution in [0.4, 0.5) is 0 Å². The van der Waals surface area contributed by atoms with Gasteiger partial charge in [0.15, 0.2) is 8.07 Å². The summed E-state index contributed by atoms with van der Waals surface area (Å²) < 4.78 is 0. The molecule has 0 unspecified atom stereocenters. The first-order valence-corrected chi connectivity index (χ1v) is 11.3.